The standard InChI is InChI=1S/C32H40N6O2/c1-18(2)38-15-20(4)30-26(31(39)34-14-27-19(3)10-21(5)36-32(27)40)11-25(12-28(30)38)24-8-9-29(33-13-24)37-16-22(6)35-23(7)17-37/h8-13,15,18,22-23,35H,14,16-17H2,1-7H3,(H,34,39)(H,36,40). The fraction of sp³-hybridized carbons (Fsp3) is 0.406. The fourth-order valence-corrected chi connectivity index (χ4v) is 5.98. The van der Waals surface area contributed by atoms with Crippen molar-refractivity contribution in [3.8, 4) is 11.1 Å². The van der Waals surface area contributed by atoms with E-state index in [1.165, 1.54) is 0 Å². The summed E-state index contributed by atoms with van der Waals surface area (Å²) < 4.78 is 2.21. The molecule has 2 unspecified atom stereocenters. The summed E-state index contributed by atoms with van der Waals surface area (Å²) in [6, 6.07) is 11.2. The summed E-state index contributed by atoms with van der Waals surface area (Å²) in [5.74, 6) is 0.757. The molecule has 0 spiro atoms. The maximum Gasteiger partial charge on any atom is 0.253 e. The van der Waals surface area contributed by atoms with Gasteiger partial charge < -0.3 is 25.1 Å². The molecular weight excluding hydrogens is 500 g/mol. The Morgan fingerprint density at radius 3 is 2.40 bits per heavy atom. The van der Waals surface area contributed by atoms with Gasteiger partial charge in [0.1, 0.15) is 5.82 Å². The Labute approximate surface area is 235 Å². The van der Waals surface area contributed by atoms with Crippen molar-refractivity contribution in [2.75, 3.05) is 18.0 Å². The SMILES string of the molecule is Cc1cc(C)c(CNC(=O)c2cc(-c3ccc(N4CC(C)NC(C)C4)nc3)cc3c2c(C)cn3C(C)C)c(=O)[nH]1. The lowest BCUT2D eigenvalue weighted by Crippen LogP contribution is -2.54. The van der Waals surface area contributed by atoms with E-state index in [2.05, 4.69) is 77.2 Å². The number of hydrogen-bond donors (Lipinski definition) is 3. The third kappa shape index (κ3) is 5.41. The number of amides is 1. The quantitative estimate of drug-likeness (QED) is 0.319. The van der Waals surface area contributed by atoms with E-state index >= 15 is 0 Å². The van der Waals surface area contributed by atoms with E-state index in [4.69, 9.17) is 4.98 Å². The Morgan fingerprint density at radius 2 is 1.77 bits per heavy atom. The van der Waals surface area contributed by atoms with E-state index in [-0.39, 0.29) is 24.1 Å². The molecule has 1 fully saturated rings. The highest BCUT2D eigenvalue weighted by atomic mass is 16.1. The second kappa shape index (κ2) is 10.9. The van der Waals surface area contributed by atoms with E-state index in [9.17, 15) is 9.59 Å². The summed E-state index contributed by atoms with van der Waals surface area (Å²) in [4.78, 5) is 36.2. The van der Waals surface area contributed by atoms with Gasteiger partial charge >= 0.3 is 0 Å². The van der Waals surface area contributed by atoms with Crippen LogP contribution in [0.25, 0.3) is 22.0 Å². The zero-order valence-corrected chi connectivity index (χ0v) is 24.6. The van der Waals surface area contributed by atoms with Crippen molar-refractivity contribution in [1.82, 2.24) is 25.2 Å². The molecule has 1 amide bonds. The van der Waals surface area contributed by atoms with Crippen LogP contribution in [0.1, 0.15) is 66.5 Å². The molecule has 8 nitrogen and oxygen atoms in total. The number of pyridine rings is 2. The van der Waals surface area contributed by atoms with Gasteiger partial charge in [0.05, 0.1) is 0 Å². The van der Waals surface area contributed by atoms with Crippen LogP contribution in [-0.2, 0) is 6.54 Å². The van der Waals surface area contributed by atoms with Crippen LogP contribution in [-0.4, -0.2) is 45.6 Å². The number of aromatic amines is 1. The molecule has 3 N–H and O–H groups in total. The predicted molar refractivity (Wildman–Crippen MR) is 162 cm³/mol. The van der Waals surface area contributed by atoms with Crippen molar-refractivity contribution in [3.05, 3.63) is 81.0 Å². The van der Waals surface area contributed by atoms with Crippen molar-refractivity contribution in [1.29, 1.82) is 0 Å². The molecule has 1 aliphatic heterocycles. The van der Waals surface area contributed by atoms with E-state index in [0.29, 0.717) is 23.2 Å². The first-order valence-corrected chi connectivity index (χ1v) is 14.1. The highest BCUT2D eigenvalue weighted by molar-refractivity contribution is 6.09. The van der Waals surface area contributed by atoms with Crippen molar-refractivity contribution in [3.63, 3.8) is 0 Å². The largest absolute Gasteiger partial charge is 0.354 e. The van der Waals surface area contributed by atoms with Gasteiger partial charge in [-0.1, -0.05) is 0 Å². The number of anilines is 1. The number of benzene rings is 1. The number of hydrogen-bond acceptors (Lipinski definition) is 5. The van der Waals surface area contributed by atoms with Crippen molar-refractivity contribution < 1.29 is 4.79 Å². The van der Waals surface area contributed by atoms with E-state index in [0.717, 1.165) is 57.8 Å². The summed E-state index contributed by atoms with van der Waals surface area (Å²) in [5.41, 5.74) is 6.60. The summed E-state index contributed by atoms with van der Waals surface area (Å²) >= 11 is 0. The van der Waals surface area contributed by atoms with Gasteiger partial charge in [0, 0.05) is 83.4 Å². The zero-order valence-electron chi connectivity index (χ0n) is 24.6. The van der Waals surface area contributed by atoms with Crippen molar-refractivity contribution in [2.24, 2.45) is 0 Å². The maximum absolute atomic E-state index is 13.7. The van der Waals surface area contributed by atoms with Gasteiger partial charge in [-0.15, -0.1) is 0 Å². The van der Waals surface area contributed by atoms with Gasteiger partial charge in [0.25, 0.3) is 11.5 Å². The number of piperazine rings is 1. The van der Waals surface area contributed by atoms with Crippen LogP contribution in [0.15, 0.2) is 47.5 Å². The third-order valence-electron chi connectivity index (χ3n) is 7.81. The molecule has 0 radical (unpaired) electrons. The van der Waals surface area contributed by atoms with Gasteiger partial charge in [-0.05, 0) is 95.5 Å². The molecule has 210 valence electrons. The van der Waals surface area contributed by atoms with Crippen molar-refractivity contribution >= 4 is 22.6 Å². The highest BCUT2D eigenvalue weighted by Crippen LogP contribution is 2.33. The van der Waals surface area contributed by atoms with Crippen molar-refractivity contribution in [2.45, 2.75) is 73.1 Å². The molecule has 1 aromatic carbocycles. The summed E-state index contributed by atoms with van der Waals surface area (Å²) in [6.45, 7) is 16.5. The number of fused-ring (bicyclic) bond motifs is 1. The molecular formula is C32H40N6O2. The van der Waals surface area contributed by atoms with Crippen LogP contribution in [0.3, 0.4) is 0 Å². The minimum atomic E-state index is -0.204. The molecule has 0 saturated carbocycles. The lowest BCUT2D eigenvalue weighted by Gasteiger charge is -2.36. The minimum absolute atomic E-state index is 0.160. The third-order valence-corrected chi connectivity index (χ3v) is 7.81. The number of H-pyrrole nitrogens is 1. The van der Waals surface area contributed by atoms with Crippen LogP contribution in [0.4, 0.5) is 5.82 Å². The molecule has 1 saturated heterocycles. The van der Waals surface area contributed by atoms with Gasteiger partial charge in [-0.25, -0.2) is 4.98 Å². The molecule has 2 atom stereocenters. The van der Waals surface area contributed by atoms with Crippen LogP contribution < -0.4 is 21.1 Å². The zero-order chi connectivity index (χ0) is 28.7. The van der Waals surface area contributed by atoms with Gasteiger partial charge in [-0.2, -0.15) is 0 Å². The van der Waals surface area contributed by atoms with Gasteiger partial charge in [0.2, 0.25) is 0 Å². The number of carbonyl (C=O) groups is 1. The Hall–Kier alpha value is -3.91. The van der Waals surface area contributed by atoms with E-state index in [1.807, 2.05) is 39.1 Å². The molecule has 0 bridgehead atoms. The van der Waals surface area contributed by atoms with E-state index < -0.39 is 0 Å². The first-order valence-electron chi connectivity index (χ1n) is 14.1. The average molecular weight is 541 g/mol. The van der Waals surface area contributed by atoms with Crippen LogP contribution in [0.2, 0.25) is 0 Å². The highest BCUT2D eigenvalue weighted by Gasteiger charge is 2.23. The molecule has 5 rings (SSSR count). The van der Waals surface area contributed by atoms with Crippen LogP contribution in [0.5, 0.6) is 0 Å². The fourth-order valence-electron chi connectivity index (χ4n) is 5.98. The monoisotopic (exact) mass is 540 g/mol. The Bertz CT molecular complexity index is 1610. The molecule has 3 aromatic heterocycles. The molecule has 4 aromatic rings. The maximum atomic E-state index is 13.7. The Morgan fingerprint density at radius 1 is 1.05 bits per heavy atom. The number of nitrogens with zero attached hydrogens (tertiary/aromatic N) is 3. The lowest BCUT2D eigenvalue weighted by atomic mass is 9.98. The number of carbonyl (C=O) groups excluding carboxylic acids is 1. The molecule has 1 aliphatic rings. The number of aryl methyl sites for hydroxylation is 3. The smallest absolute Gasteiger partial charge is 0.253 e. The Balaban J connectivity index is 1.52. The topological polar surface area (TPSA) is 95.1 Å². The van der Waals surface area contributed by atoms with E-state index in [1.54, 1.807) is 0 Å². The molecule has 40 heavy (non-hydrogen) atoms. The molecule has 8 heteroatoms. The number of nitrogens with one attached hydrogen (secondary N) is 3. The second-order valence-electron chi connectivity index (χ2n) is 11.6. The normalized spacial score (nSPS) is 17.6. The summed E-state index contributed by atoms with van der Waals surface area (Å²) in [6.07, 6.45) is 4.01. The Kier molecular flexibility index (Phi) is 7.55. The minimum Gasteiger partial charge on any atom is -0.354 e. The summed E-state index contributed by atoms with van der Waals surface area (Å²) in [5, 5.41) is 7.51. The average Bonchev–Trinajstić information content (AvgIpc) is 3.23. The van der Waals surface area contributed by atoms with Gasteiger partial charge in [-0.3, -0.25) is 9.59 Å². The number of aromatic nitrogens is 3. The van der Waals surface area contributed by atoms with Crippen LogP contribution in [0, 0.1) is 20.8 Å². The lowest BCUT2D eigenvalue weighted by molar-refractivity contribution is 0.0952. The first kappa shape index (κ1) is 27.6. The second-order valence-corrected chi connectivity index (χ2v) is 11.6. The van der Waals surface area contributed by atoms with Crippen LogP contribution >= 0.6 is 0 Å². The number of rotatable bonds is 6. The predicted octanol–water partition coefficient (Wildman–Crippen LogP) is 5.01. The first-order chi connectivity index (χ1) is 19.0. The molecule has 4 heterocycles. The van der Waals surface area contributed by atoms with Gasteiger partial charge in [0.15, 0.2) is 0 Å². The summed E-state index contributed by atoms with van der Waals surface area (Å²) in [7, 11) is 0. The molecule has 0 aliphatic carbocycles.